The first-order chi connectivity index (χ1) is 18.7. The van der Waals surface area contributed by atoms with Gasteiger partial charge in [-0.3, -0.25) is 4.98 Å². The highest BCUT2D eigenvalue weighted by Gasteiger charge is 2.14. The second-order valence-corrected chi connectivity index (χ2v) is 8.52. The molecule has 4 aromatic rings. The van der Waals surface area contributed by atoms with Crippen molar-refractivity contribution < 1.29 is 15.3 Å². The van der Waals surface area contributed by atoms with Crippen LogP contribution in [0.5, 0.6) is 17.2 Å². The highest BCUT2D eigenvalue weighted by molar-refractivity contribution is 5.99. The molecule has 1 aromatic heterocycles. The number of para-hydroxylation sites is 1. The van der Waals surface area contributed by atoms with Crippen molar-refractivity contribution in [2.75, 3.05) is 0 Å². The Labute approximate surface area is 229 Å². The lowest BCUT2D eigenvalue weighted by Crippen LogP contribution is -2.15. The van der Waals surface area contributed by atoms with Crippen molar-refractivity contribution in [3.8, 4) is 17.2 Å². The average molecular weight is 528 g/mol. The smallest absolute Gasteiger partial charge is 0.120 e. The first-order valence-electron chi connectivity index (χ1n) is 12.7. The van der Waals surface area contributed by atoms with Gasteiger partial charge in [-0.05, 0) is 59.2 Å². The van der Waals surface area contributed by atoms with Crippen LogP contribution in [0.15, 0.2) is 97.3 Å². The number of benzene rings is 3. The molecule has 0 aliphatic rings. The predicted molar refractivity (Wildman–Crippen MR) is 157 cm³/mol. The molecular formula is C31H37N5O3. The van der Waals surface area contributed by atoms with E-state index in [1.165, 1.54) is 6.07 Å². The van der Waals surface area contributed by atoms with Crippen LogP contribution in [0.4, 0.5) is 0 Å². The molecule has 0 amide bonds. The second kappa shape index (κ2) is 15.7. The number of hydrogen-bond acceptors (Lipinski definition) is 8. The van der Waals surface area contributed by atoms with Gasteiger partial charge in [0.15, 0.2) is 0 Å². The Bertz CT molecular complexity index is 1340. The molecule has 0 aliphatic carbocycles. The van der Waals surface area contributed by atoms with Crippen LogP contribution >= 0.6 is 0 Å². The maximum atomic E-state index is 9.70. The number of nitrogens with two attached hydrogens (primary N) is 2. The molecule has 0 saturated heterocycles. The Kier molecular flexibility index (Phi) is 12.3. The molecule has 0 bridgehead atoms. The van der Waals surface area contributed by atoms with Gasteiger partial charge in [-0.1, -0.05) is 56.3 Å². The highest BCUT2D eigenvalue weighted by Crippen LogP contribution is 2.25. The number of hydrogen-bond donors (Lipinski definition) is 7. The van der Waals surface area contributed by atoms with Gasteiger partial charge in [0.1, 0.15) is 17.2 Å². The number of phenolic OH excluding ortho intramolecular Hbond substituents is 3. The molecule has 0 radical (unpaired) electrons. The summed E-state index contributed by atoms with van der Waals surface area (Å²) in [7, 11) is 0. The number of aromatic nitrogens is 1. The molecule has 1 heterocycles. The summed E-state index contributed by atoms with van der Waals surface area (Å²) < 4.78 is 0. The Morgan fingerprint density at radius 3 is 1.87 bits per heavy atom. The van der Waals surface area contributed by atoms with E-state index >= 15 is 0 Å². The summed E-state index contributed by atoms with van der Waals surface area (Å²) in [5.41, 5.74) is 15.7. The van der Waals surface area contributed by atoms with Crippen molar-refractivity contribution in [3.63, 3.8) is 0 Å². The Balaban J connectivity index is 0.000000258. The van der Waals surface area contributed by atoms with Gasteiger partial charge in [0.05, 0.1) is 0 Å². The van der Waals surface area contributed by atoms with E-state index in [0.29, 0.717) is 35.4 Å². The monoisotopic (exact) mass is 527 g/mol. The number of rotatable bonds is 8. The van der Waals surface area contributed by atoms with Crippen LogP contribution in [0.2, 0.25) is 0 Å². The molecule has 3 aromatic carbocycles. The van der Waals surface area contributed by atoms with Crippen molar-refractivity contribution in [3.05, 3.63) is 120 Å². The number of nitrogens with one attached hydrogen (secondary N) is 2. The van der Waals surface area contributed by atoms with Crippen molar-refractivity contribution in [2.45, 2.75) is 38.8 Å². The normalized spacial score (nSPS) is 11.6. The molecule has 2 unspecified atom stereocenters. The lowest BCUT2D eigenvalue weighted by Gasteiger charge is -2.14. The van der Waals surface area contributed by atoms with Gasteiger partial charge in [0.25, 0.3) is 0 Å². The summed E-state index contributed by atoms with van der Waals surface area (Å²) in [5.74, 6) is 0.470. The van der Waals surface area contributed by atoms with E-state index in [4.69, 9.17) is 22.3 Å². The van der Waals surface area contributed by atoms with Gasteiger partial charge in [-0.15, -0.1) is 0 Å². The summed E-state index contributed by atoms with van der Waals surface area (Å²) >= 11 is 0. The molecule has 8 nitrogen and oxygen atoms in total. The quantitative estimate of drug-likeness (QED) is 0.142. The minimum atomic E-state index is -0.383. The third-order valence-electron chi connectivity index (χ3n) is 5.71. The van der Waals surface area contributed by atoms with Gasteiger partial charge in [-0.25, -0.2) is 0 Å². The van der Waals surface area contributed by atoms with Gasteiger partial charge in [0, 0.05) is 54.3 Å². The zero-order chi connectivity index (χ0) is 28.8. The highest BCUT2D eigenvalue weighted by atomic mass is 16.3. The molecule has 8 heteroatoms. The largest absolute Gasteiger partial charge is 0.508 e. The third kappa shape index (κ3) is 9.70. The summed E-state index contributed by atoms with van der Waals surface area (Å²) in [6.45, 7) is 4.00. The van der Waals surface area contributed by atoms with Crippen LogP contribution < -0.4 is 11.5 Å². The molecule has 9 N–H and O–H groups in total. The first-order valence-corrected chi connectivity index (χ1v) is 12.7. The molecule has 204 valence electrons. The molecule has 0 fully saturated rings. The van der Waals surface area contributed by atoms with Gasteiger partial charge in [-0.2, -0.15) is 0 Å². The summed E-state index contributed by atoms with van der Waals surface area (Å²) in [6.07, 6.45) is 4.01. The minimum absolute atomic E-state index is 0.133. The van der Waals surface area contributed by atoms with E-state index in [1.807, 2.05) is 26.0 Å². The Morgan fingerprint density at radius 1 is 0.692 bits per heavy atom. The van der Waals surface area contributed by atoms with Crippen LogP contribution in [0.25, 0.3) is 0 Å². The van der Waals surface area contributed by atoms with Crippen LogP contribution in [0.3, 0.4) is 0 Å². The topological polar surface area (TPSA) is 173 Å². The molecule has 39 heavy (non-hydrogen) atoms. The van der Waals surface area contributed by atoms with E-state index in [1.54, 1.807) is 79.1 Å². The van der Waals surface area contributed by atoms with Crippen molar-refractivity contribution in [1.29, 1.82) is 10.8 Å². The lowest BCUT2D eigenvalue weighted by atomic mass is 9.98. The molecule has 0 aliphatic heterocycles. The van der Waals surface area contributed by atoms with Gasteiger partial charge in [0.2, 0.25) is 0 Å². The molecule has 0 saturated carbocycles. The second-order valence-electron chi connectivity index (χ2n) is 8.52. The Morgan fingerprint density at radius 2 is 1.26 bits per heavy atom. The maximum Gasteiger partial charge on any atom is 0.120 e. The van der Waals surface area contributed by atoms with Crippen molar-refractivity contribution >= 4 is 11.4 Å². The van der Waals surface area contributed by atoms with E-state index in [0.717, 1.165) is 11.1 Å². The Hall–Kier alpha value is -4.53. The number of aromatic hydroxyl groups is 3. The maximum absolute atomic E-state index is 9.70. The zero-order valence-corrected chi connectivity index (χ0v) is 22.3. The van der Waals surface area contributed by atoms with Crippen LogP contribution in [-0.4, -0.2) is 31.7 Å². The third-order valence-corrected chi connectivity index (χ3v) is 5.71. The minimum Gasteiger partial charge on any atom is -0.508 e. The first kappa shape index (κ1) is 30.7. The molecule has 0 spiro atoms. The molecule has 2 atom stereocenters. The molecule has 4 rings (SSSR count). The zero-order valence-electron chi connectivity index (χ0n) is 22.3. The van der Waals surface area contributed by atoms with Crippen LogP contribution in [-0.2, 0) is 0 Å². The summed E-state index contributed by atoms with van der Waals surface area (Å²) in [5, 5.41) is 44.5. The fraction of sp³-hybridized carbons (Fsp3) is 0.194. The van der Waals surface area contributed by atoms with Gasteiger partial charge < -0.3 is 37.6 Å². The number of nitrogens with zero attached hydrogens (tertiary/aromatic N) is 1. The number of phenols is 3. The lowest BCUT2D eigenvalue weighted by molar-refractivity contribution is 0.462. The van der Waals surface area contributed by atoms with Crippen molar-refractivity contribution in [1.82, 2.24) is 4.98 Å². The van der Waals surface area contributed by atoms with Gasteiger partial charge >= 0.3 is 0 Å². The predicted octanol–water partition coefficient (Wildman–Crippen LogP) is 5.83. The number of pyridine rings is 1. The molecular weight excluding hydrogens is 490 g/mol. The van der Waals surface area contributed by atoms with E-state index in [9.17, 15) is 15.3 Å². The SMILES string of the molecule is CC.N=C(CC(N)c1cccc(O)c1)c1cccc(O)c1.N=C(CC(N)c1ccccc1O)c1ccncc1. The van der Waals surface area contributed by atoms with Crippen LogP contribution in [0, 0.1) is 10.8 Å². The fourth-order valence-corrected chi connectivity index (χ4v) is 3.71. The fourth-order valence-electron chi connectivity index (χ4n) is 3.71. The average Bonchev–Trinajstić information content (AvgIpc) is 2.95. The summed E-state index contributed by atoms with van der Waals surface area (Å²) in [4.78, 5) is 3.91. The standard InChI is InChI=1S/C15H16N2O2.C14H15N3O.C2H6/c16-14(10-3-1-5-12(18)7-10)9-15(17)11-4-2-6-13(19)8-11;15-12(10-5-7-17-8-6-10)9-13(16)11-3-1-2-4-14(11)18;1-2/h1-8,14,17-19H,9,16H2;1-8,13,15,18H,9,16H2;1-2H3. The van der Waals surface area contributed by atoms with Crippen LogP contribution in [0.1, 0.15) is 61.0 Å². The van der Waals surface area contributed by atoms with E-state index in [-0.39, 0.29) is 29.3 Å². The van der Waals surface area contributed by atoms with E-state index in [2.05, 4.69) is 4.98 Å². The van der Waals surface area contributed by atoms with E-state index < -0.39 is 0 Å². The summed E-state index contributed by atoms with van der Waals surface area (Å²) in [6, 6.07) is 23.0. The van der Waals surface area contributed by atoms with Crippen molar-refractivity contribution in [2.24, 2.45) is 11.5 Å².